The van der Waals surface area contributed by atoms with Crippen molar-refractivity contribution in [1.29, 1.82) is 0 Å². The summed E-state index contributed by atoms with van der Waals surface area (Å²) in [6.07, 6.45) is 1.00. The van der Waals surface area contributed by atoms with Gasteiger partial charge < -0.3 is 9.47 Å². The second-order valence-corrected chi connectivity index (χ2v) is 6.92. The molecule has 1 aliphatic rings. The SMILES string of the molecule is CCOc1ccc(C2=NNC(c3ccc(CC)cc3)=Nc3ccc(OC)cc32)cc1. The number of ether oxygens (including phenoxy) is 2. The fourth-order valence-corrected chi connectivity index (χ4v) is 3.37. The van der Waals surface area contributed by atoms with Crippen molar-refractivity contribution in [2.45, 2.75) is 20.3 Å². The zero-order chi connectivity index (χ0) is 20.9. The summed E-state index contributed by atoms with van der Waals surface area (Å²) in [7, 11) is 1.66. The third kappa shape index (κ3) is 4.06. The van der Waals surface area contributed by atoms with Gasteiger partial charge in [-0.25, -0.2) is 4.99 Å². The van der Waals surface area contributed by atoms with Crippen molar-refractivity contribution in [3.63, 3.8) is 0 Å². The summed E-state index contributed by atoms with van der Waals surface area (Å²) in [6.45, 7) is 4.75. The molecule has 3 aromatic rings. The van der Waals surface area contributed by atoms with E-state index in [4.69, 9.17) is 19.6 Å². The van der Waals surface area contributed by atoms with Crippen LogP contribution in [0.2, 0.25) is 0 Å². The number of rotatable bonds is 6. The number of hydrogen-bond donors (Lipinski definition) is 1. The van der Waals surface area contributed by atoms with Crippen LogP contribution in [0.1, 0.15) is 36.1 Å². The first-order valence-corrected chi connectivity index (χ1v) is 10.1. The molecule has 3 aromatic carbocycles. The predicted molar refractivity (Wildman–Crippen MR) is 121 cm³/mol. The Morgan fingerprint density at radius 1 is 0.833 bits per heavy atom. The fraction of sp³-hybridized carbons (Fsp3) is 0.200. The summed E-state index contributed by atoms with van der Waals surface area (Å²) in [5.41, 5.74) is 8.97. The average Bonchev–Trinajstić information content (AvgIpc) is 2.99. The predicted octanol–water partition coefficient (Wildman–Crippen LogP) is 5.09. The number of nitrogens with zero attached hydrogens (tertiary/aromatic N) is 2. The lowest BCUT2D eigenvalue weighted by molar-refractivity contribution is 0.340. The van der Waals surface area contributed by atoms with Crippen LogP contribution >= 0.6 is 0 Å². The normalized spacial score (nSPS) is 12.8. The number of aliphatic imine (C=N–C) groups is 1. The highest BCUT2D eigenvalue weighted by atomic mass is 16.5. The molecule has 152 valence electrons. The van der Waals surface area contributed by atoms with Gasteiger partial charge in [-0.15, -0.1) is 0 Å². The van der Waals surface area contributed by atoms with Gasteiger partial charge in [0, 0.05) is 16.7 Å². The van der Waals surface area contributed by atoms with Crippen LogP contribution in [-0.2, 0) is 6.42 Å². The Hall–Kier alpha value is -3.60. The van der Waals surface area contributed by atoms with Gasteiger partial charge in [-0.1, -0.05) is 31.2 Å². The van der Waals surface area contributed by atoms with Crippen molar-refractivity contribution in [3.05, 3.63) is 89.0 Å². The molecule has 0 unspecified atom stereocenters. The van der Waals surface area contributed by atoms with Crippen LogP contribution in [0, 0.1) is 0 Å². The van der Waals surface area contributed by atoms with Gasteiger partial charge in [-0.3, -0.25) is 5.43 Å². The molecule has 1 heterocycles. The number of methoxy groups -OCH3 is 1. The molecule has 0 saturated heterocycles. The lowest BCUT2D eigenvalue weighted by Crippen LogP contribution is -2.19. The second kappa shape index (κ2) is 8.82. The van der Waals surface area contributed by atoms with Crippen LogP contribution in [0.25, 0.3) is 0 Å². The maximum Gasteiger partial charge on any atom is 0.154 e. The van der Waals surface area contributed by atoms with Gasteiger partial charge in [0.25, 0.3) is 0 Å². The lowest BCUT2D eigenvalue weighted by Gasteiger charge is -2.10. The van der Waals surface area contributed by atoms with E-state index in [1.807, 2.05) is 49.4 Å². The third-order valence-corrected chi connectivity index (χ3v) is 5.04. The van der Waals surface area contributed by atoms with Gasteiger partial charge in [-0.2, -0.15) is 5.10 Å². The maximum absolute atomic E-state index is 5.57. The average molecular weight is 399 g/mol. The van der Waals surface area contributed by atoms with Gasteiger partial charge in [0.1, 0.15) is 17.2 Å². The highest BCUT2D eigenvalue weighted by molar-refractivity contribution is 6.18. The van der Waals surface area contributed by atoms with Gasteiger partial charge in [0.05, 0.1) is 19.4 Å². The molecule has 5 nitrogen and oxygen atoms in total. The molecule has 0 spiro atoms. The van der Waals surface area contributed by atoms with Crippen molar-refractivity contribution in [1.82, 2.24) is 5.43 Å². The molecule has 0 aliphatic carbocycles. The number of fused-ring (bicyclic) bond motifs is 1. The first-order chi connectivity index (χ1) is 14.7. The number of benzene rings is 3. The second-order valence-electron chi connectivity index (χ2n) is 6.92. The summed E-state index contributed by atoms with van der Waals surface area (Å²) in [5, 5.41) is 4.73. The first kappa shape index (κ1) is 19.7. The van der Waals surface area contributed by atoms with E-state index in [-0.39, 0.29) is 0 Å². The molecule has 0 bridgehead atoms. The molecule has 0 atom stereocenters. The van der Waals surface area contributed by atoms with Crippen molar-refractivity contribution in [2.75, 3.05) is 13.7 Å². The molecule has 1 N–H and O–H groups in total. The Labute approximate surface area is 177 Å². The van der Waals surface area contributed by atoms with E-state index in [2.05, 4.69) is 36.6 Å². The molecule has 0 radical (unpaired) electrons. The van der Waals surface area contributed by atoms with Crippen LogP contribution < -0.4 is 14.9 Å². The minimum atomic E-state index is 0.635. The Kier molecular flexibility index (Phi) is 5.80. The molecule has 0 fully saturated rings. The third-order valence-electron chi connectivity index (χ3n) is 5.04. The van der Waals surface area contributed by atoms with Crippen molar-refractivity contribution < 1.29 is 9.47 Å². The van der Waals surface area contributed by atoms with Crippen molar-refractivity contribution in [2.24, 2.45) is 10.1 Å². The summed E-state index contributed by atoms with van der Waals surface area (Å²) < 4.78 is 11.0. The van der Waals surface area contributed by atoms with Crippen molar-refractivity contribution in [3.8, 4) is 11.5 Å². The molecule has 0 aromatic heterocycles. The van der Waals surface area contributed by atoms with E-state index in [0.717, 1.165) is 46.0 Å². The number of hydrazone groups is 1. The summed E-state index contributed by atoms with van der Waals surface area (Å²) >= 11 is 0. The van der Waals surface area contributed by atoms with Gasteiger partial charge in [0.15, 0.2) is 5.84 Å². The van der Waals surface area contributed by atoms with Gasteiger partial charge in [0.2, 0.25) is 0 Å². The largest absolute Gasteiger partial charge is 0.497 e. The van der Waals surface area contributed by atoms with E-state index >= 15 is 0 Å². The molecule has 1 aliphatic heterocycles. The summed E-state index contributed by atoms with van der Waals surface area (Å²) in [6, 6.07) is 22.2. The lowest BCUT2D eigenvalue weighted by atomic mass is 10.0. The van der Waals surface area contributed by atoms with Crippen molar-refractivity contribution >= 4 is 17.2 Å². The Morgan fingerprint density at radius 2 is 1.53 bits per heavy atom. The summed E-state index contributed by atoms with van der Waals surface area (Å²) in [5.74, 6) is 2.31. The monoisotopic (exact) mass is 399 g/mol. The zero-order valence-electron chi connectivity index (χ0n) is 17.5. The molecular weight excluding hydrogens is 374 g/mol. The minimum Gasteiger partial charge on any atom is -0.497 e. The van der Waals surface area contributed by atoms with E-state index in [1.165, 1.54) is 5.56 Å². The molecule has 0 amide bonds. The minimum absolute atomic E-state index is 0.635. The molecule has 30 heavy (non-hydrogen) atoms. The number of nitrogens with one attached hydrogen (secondary N) is 1. The summed E-state index contributed by atoms with van der Waals surface area (Å²) in [4.78, 5) is 4.87. The Bertz CT molecular complexity index is 1080. The first-order valence-electron chi connectivity index (χ1n) is 10.1. The van der Waals surface area contributed by atoms with Crippen LogP contribution in [0.15, 0.2) is 76.8 Å². The molecule has 0 saturated carbocycles. The van der Waals surface area contributed by atoms with E-state index < -0.39 is 0 Å². The molecule has 4 rings (SSSR count). The van der Waals surface area contributed by atoms with Gasteiger partial charge in [-0.05, 0) is 61.4 Å². The van der Waals surface area contributed by atoms with Crippen LogP contribution in [0.3, 0.4) is 0 Å². The zero-order valence-corrected chi connectivity index (χ0v) is 17.5. The number of amidine groups is 1. The fourth-order valence-electron chi connectivity index (χ4n) is 3.37. The van der Waals surface area contributed by atoms with Crippen LogP contribution in [0.5, 0.6) is 11.5 Å². The van der Waals surface area contributed by atoms with E-state index in [9.17, 15) is 0 Å². The highest BCUT2D eigenvalue weighted by Crippen LogP contribution is 2.30. The van der Waals surface area contributed by atoms with Gasteiger partial charge >= 0.3 is 0 Å². The number of hydrogen-bond acceptors (Lipinski definition) is 5. The Balaban J connectivity index is 1.78. The van der Waals surface area contributed by atoms with E-state index in [1.54, 1.807) is 7.11 Å². The topological polar surface area (TPSA) is 55.2 Å². The van der Waals surface area contributed by atoms with Crippen LogP contribution in [-0.4, -0.2) is 25.3 Å². The Morgan fingerprint density at radius 3 is 2.20 bits per heavy atom. The molecule has 5 heteroatoms. The standard InChI is InChI=1S/C25H25N3O2/c1-4-17-6-8-19(9-7-17)25-26-23-15-14-21(29-3)16-22(23)24(27-28-25)18-10-12-20(13-11-18)30-5-2/h6-16H,4-5H2,1-3H3,(H,26,28). The number of aryl methyl sites for hydroxylation is 1. The molecular formula is C25H25N3O2. The quantitative estimate of drug-likeness (QED) is 0.628. The smallest absolute Gasteiger partial charge is 0.154 e. The van der Waals surface area contributed by atoms with E-state index in [0.29, 0.717) is 12.4 Å². The highest BCUT2D eigenvalue weighted by Gasteiger charge is 2.18. The maximum atomic E-state index is 5.57. The van der Waals surface area contributed by atoms with Crippen LogP contribution in [0.4, 0.5) is 5.69 Å².